The van der Waals surface area contributed by atoms with E-state index in [4.69, 9.17) is 16.3 Å². The van der Waals surface area contributed by atoms with E-state index in [-0.39, 0.29) is 22.4 Å². The third-order valence-corrected chi connectivity index (χ3v) is 8.45. The lowest BCUT2D eigenvalue weighted by Crippen LogP contribution is -2.43. The van der Waals surface area contributed by atoms with E-state index in [9.17, 15) is 9.59 Å². The first-order valence-electron chi connectivity index (χ1n) is 14.1. The molecule has 5 heteroatoms. The highest BCUT2D eigenvalue weighted by atomic mass is 35.5. The molecule has 0 spiro atoms. The van der Waals surface area contributed by atoms with Gasteiger partial charge in [-0.1, -0.05) is 78.3 Å². The van der Waals surface area contributed by atoms with Crippen LogP contribution < -0.4 is 4.74 Å². The number of Topliss-reactive ketones (excluding diaryl/α,β-unsaturated/α-hetero) is 2. The lowest BCUT2D eigenvalue weighted by molar-refractivity contribution is -0.119. The fourth-order valence-corrected chi connectivity index (χ4v) is 6.60. The van der Waals surface area contributed by atoms with E-state index in [0.717, 1.165) is 59.5 Å². The number of benzene rings is 1. The molecule has 4 rings (SSSR count). The smallest absolute Gasteiger partial charge is 0.162 e. The number of ether oxygens (including phenoxy) is 1. The molecular weight excluding hydrogens is 482 g/mol. The zero-order chi connectivity index (χ0) is 27.0. The number of hydrogen-bond donors (Lipinski definition) is 0. The van der Waals surface area contributed by atoms with E-state index in [1.807, 2.05) is 25.2 Å². The minimum atomic E-state index is -0.424. The van der Waals surface area contributed by atoms with Gasteiger partial charge in [0.05, 0.1) is 6.61 Å². The van der Waals surface area contributed by atoms with E-state index in [1.54, 1.807) is 0 Å². The summed E-state index contributed by atoms with van der Waals surface area (Å²) in [6.45, 7) is 11.5. The minimum absolute atomic E-state index is 0.119. The van der Waals surface area contributed by atoms with Gasteiger partial charge in [0, 0.05) is 58.9 Å². The fraction of sp³-hybridized carbons (Fsp3) is 0.625. The fourth-order valence-electron chi connectivity index (χ4n) is 6.42. The summed E-state index contributed by atoms with van der Waals surface area (Å²) in [7, 11) is 2.04. The van der Waals surface area contributed by atoms with Crippen molar-refractivity contribution in [2.45, 2.75) is 105 Å². The number of halogens is 1. The Morgan fingerprint density at radius 2 is 1.41 bits per heavy atom. The molecule has 0 bridgehead atoms. The van der Waals surface area contributed by atoms with Gasteiger partial charge in [0.1, 0.15) is 5.75 Å². The monoisotopic (exact) mass is 525 g/mol. The summed E-state index contributed by atoms with van der Waals surface area (Å²) >= 11 is 6.54. The van der Waals surface area contributed by atoms with Crippen LogP contribution in [0.4, 0.5) is 0 Å². The highest BCUT2D eigenvalue weighted by Gasteiger charge is 2.48. The van der Waals surface area contributed by atoms with Crippen molar-refractivity contribution < 1.29 is 14.3 Å². The molecule has 4 nitrogen and oxygen atoms in total. The molecule has 0 N–H and O–H groups in total. The maximum atomic E-state index is 13.8. The minimum Gasteiger partial charge on any atom is -0.493 e. The normalized spacial score (nSPS) is 21.3. The van der Waals surface area contributed by atoms with Crippen molar-refractivity contribution >= 4 is 23.2 Å². The molecule has 1 aromatic carbocycles. The van der Waals surface area contributed by atoms with Gasteiger partial charge in [-0.25, -0.2) is 0 Å². The van der Waals surface area contributed by atoms with Gasteiger partial charge in [-0.05, 0) is 48.3 Å². The second kappa shape index (κ2) is 11.0. The zero-order valence-corrected chi connectivity index (χ0v) is 24.4. The van der Waals surface area contributed by atoms with Crippen molar-refractivity contribution in [2.75, 3.05) is 13.7 Å². The molecule has 0 radical (unpaired) electrons. The second-order valence-electron chi connectivity index (χ2n) is 12.9. The Labute approximate surface area is 228 Å². The van der Waals surface area contributed by atoms with Gasteiger partial charge in [-0.15, -0.1) is 0 Å². The molecule has 0 atom stereocenters. The number of carbonyl (C=O) groups is 2. The zero-order valence-electron chi connectivity index (χ0n) is 23.6. The SMILES string of the molecule is CCCCCCCCOc1ccc(Cl)cc1C1C2=C(CC(C)(C)CC2=O)N(C)C2=C1C(=O)CC(C)(C)C2. The maximum absolute atomic E-state index is 13.8. The second-order valence-corrected chi connectivity index (χ2v) is 13.3. The molecule has 1 aromatic rings. The number of allylic oxidation sites excluding steroid dienone is 4. The first kappa shape index (κ1) is 28.0. The third-order valence-electron chi connectivity index (χ3n) is 8.22. The van der Waals surface area contributed by atoms with Crippen LogP contribution in [0.1, 0.15) is 110 Å². The third kappa shape index (κ3) is 6.00. The van der Waals surface area contributed by atoms with Crippen molar-refractivity contribution in [1.82, 2.24) is 4.90 Å². The molecule has 0 unspecified atom stereocenters. The highest BCUT2D eigenvalue weighted by molar-refractivity contribution is 6.30. The van der Waals surface area contributed by atoms with E-state index >= 15 is 0 Å². The van der Waals surface area contributed by atoms with Crippen molar-refractivity contribution in [1.29, 1.82) is 0 Å². The molecule has 37 heavy (non-hydrogen) atoms. The molecule has 1 aliphatic heterocycles. The topological polar surface area (TPSA) is 46.6 Å². The van der Waals surface area contributed by atoms with Crippen LogP contribution >= 0.6 is 11.6 Å². The van der Waals surface area contributed by atoms with Gasteiger partial charge < -0.3 is 9.64 Å². The molecule has 0 fully saturated rings. The van der Waals surface area contributed by atoms with Gasteiger partial charge in [0.15, 0.2) is 11.6 Å². The molecule has 3 aliphatic rings. The molecule has 0 saturated carbocycles. The Hall–Kier alpha value is -2.07. The number of unbranched alkanes of at least 4 members (excludes halogenated alkanes) is 5. The molecule has 2 aliphatic carbocycles. The molecule has 0 saturated heterocycles. The Balaban J connectivity index is 1.75. The summed E-state index contributed by atoms with van der Waals surface area (Å²) in [6, 6.07) is 5.68. The van der Waals surface area contributed by atoms with E-state index in [1.165, 1.54) is 25.7 Å². The van der Waals surface area contributed by atoms with Crippen LogP contribution in [0, 0.1) is 10.8 Å². The summed E-state index contributed by atoms with van der Waals surface area (Å²) in [4.78, 5) is 29.7. The summed E-state index contributed by atoms with van der Waals surface area (Å²) in [6.07, 6.45) is 9.71. The molecular formula is C32H44ClNO3. The number of ketones is 2. The first-order valence-corrected chi connectivity index (χ1v) is 14.5. The standard InChI is InChI=1S/C32H44ClNO3/c1-7-8-9-10-11-12-15-37-27-14-13-21(33)16-22(27)28-29-23(17-31(2,3)19-25(29)35)34(6)24-18-32(4,5)20-26(36)30(24)28/h13-14,16,28H,7-12,15,17-20H2,1-6H3. The van der Waals surface area contributed by atoms with Gasteiger partial charge in [0.25, 0.3) is 0 Å². The van der Waals surface area contributed by atoms with Crippen molar-refractivity contribution in [2.24, 2.45) is 10.8 Å². The van der Waals surface area contributed by atoms with Crippen LogP contribution in [-0.4, -0.2) is 30.1 Å². The average Bonchev–Trinajstić information content (AvgIpc) is 2.79. The molecule has 0 amide bonds. The van der Waals surface area contributed by atoms with Gasteiger partial charge >= 0.3 is 0 Å². The quantitative estimate of drug-likeness (QED) is 0.304. The van der Waals surface area contributed by atoms with Gasteiger partial charge in [-0.2, -0.15) is 0 Å². The first-order chi connectivity index (χ1) is 17.4. The molecule has 0 aromatic heterocycles. The largest absolute Gasteiger partial charge is 0.493 e. The van der Waals surface area contributed by atoms with Gasteiger partial charge in [-0.3, -0.25) is 9.59 Å². The van der Waals surface area contributed by atoms with Crippen molar-refractivity contribution in [3.63, 3.8) is 0 Å². The number of nitrogens with zero attached hydrogens (tertiary/aromatic N) is 1. The maximum Gasteiger partial charge on any atom is 0.162 e. The van der Waals surface area contributed by atoms with Crippen molar-refractivity contribution in [3.05, 3.63) is 51.3 Å². The number of hydrogen-bond acceptors (Lipinski definition) is 4. The number of carbonyl (C=O) groups excluding carboxylic acids is 2. The average molecular weight is 526 g/mol. The van der Waals surface area contributed by atoms with Crippen LogP contribution in [0.25, 0.3) is 0 Å². The lowest BCUT2D eigenvalue weighted by Gasteiger charge is -2.48. The predicted octanol–water partition coefficient (Wildman–Crippen LogP) is 8.39. The Morgan fingerprint density at radius 1 is 0.865 bits per heavy atom. The predicted molar refractivity (Wildman–Crippen MR) is 151 cm³/mol. The Bertz CT molecular complexity index is 1070. The molecule has 202 valence electrons. The summed E-state index contributed by atoms with van der Waals surface area (Å²) in [5.41, 5.74) is 4.25. The lowest BCUT2D eigenvalue weighted by atomic mass is 9.63. The Kier molecular flexibility index (Phi) is 8.28. The van der Waals surface area contributed by atoms with Crippen molar-refractivity contribution in [3.8, 4) is 5.75 Å². The van der Waals surface area contributed by atoms with E-state index in [0.29, 0.717) is 24.5 Å². The highest BCUT2D eigenvalue weighted by Crippen LogP contribution is 2.55. The summed E-state index contributed by atoms with van der Waals surface area (Å²) < 4.78 is 6.35. The van der Waals surface area contributed by atoms with E-state index in [2.05, 4.69) is 39.5 Å². The van der Waals surface area contributed by atoms with E-state index < -0.39 is 5.92 Å². The number of rotatable bonds is 9. The van der Waals surface area contributed by atoms with Crippen LogP contribution in [0.15, 0.2) is 40.7 Å². The van der Waals surface area contributed by atoms with Crippen LogP contribution in [0.2, 0.25) is 5.02 Å². The summed E-state index contributed by atoms with van der Waals surface area (Å²) in [5.74, 6) is 0.580. The Morgan fingerprint density at radius 3 is 1.97 bits per heavy atom. The van der Waals surface area contributed by atoms with Crippen LogP contribution in [0.5, 0.6) is 5.75 Å². The molecule has 1 heterocycles. The van der Waals surface area contributed by atoms with Crippen LogP contribution in [0.3, 0.4) is 0 Å². The van der Waals surface area contributed by atoms with Crippen LogP contribution in [-0.2, 0) is 9.59 Å². The van der Waals surface area contributed by atoms with Gasteiger partial charge in [0.2, 0.25) is 0 Å². The summed E-state index contributed by atoms with van der Waals surface area (Å²) in [5, 5.41) is 0.595.